The quantitative estimate of drug-likeness (QED) is 0.600. The smallest absolute Gasteiger partial charge is 0.247 e. The van der Waals surface area contributed by atoms with E-state index in [1.807, 2.05) is 45.0 Å². The molecular formula is C26H34N4O3. The Morgan fingerprint density at radius 2 is 1.73 bits per heavy atom. The fourth-order valence-corrected chi connectivity index (χ4v) is 4.28. The first-order valence-corrected chi connectivity index (χ1v) is 11.7. The van der Waals surface area contributed by atoms with E-state index in [1.54, 1.807) is 29.3 Å². The maximum absolute atomic E-state index is 13.5. The molecule has 2 N–H and O–H groups in total. The molecule has 1 saturated carbocycles. The zero-order valence-corrected chi connectivity index (χ0v) is 19.7. The van der Waals surface area contributed by atoms with Crippen molar-refractivity contribution in [2.75, 3.05) is 5.32 Å². The topological polar surface area (TPSA) is 91.4 Å². The molecule has 1 unspecified atom stereocenters. The minimum atomic E-state index is -0.720. The van der Waals surface area contributed by atoms with Crippen molar-refractivity contribution in [3.8, 4) is 0 Å². The van der Waals surface area contributed by atoms with Crippen molar-refractivity contribution in [3.05, 3.63) is 59.8 Å². The van der Waals surface area contributed by atoms with Crippen LogP contribution >= 0.6 is 0 Å². The van der Waals surface area contributed by atoms with Crippen LogP contribution in [0.4, 0.5) is 5.82 Å². The lowest BCUT2D eigenvalue weighted by atomic mass is 9.99. The third-order valence-corrected chi connectivity index (χ3v) is 5.85. The van der Waals surface area contributed by atoms with E-state index in [9.17, 15) is 14.4 Å². The average Bonchev–Trinajstić information content (AvgIpc) is 3.31. The zero-order chi connectivity index (χ0) is 23.8. The molecule has 1 aromatic carbocycles. The van der Waals surface area contributed by atoms with Crippen LogP contribution in [0.15, 0.2) is 48.7 Å². The van der Waals surface area contributed by atoms with Gasteiger partial charge in [0, 0.05) is 31.1 Å². The maximum Gasteiger partial charge on any atom is 0.247 e. The zero-order valence-electron chi connectivity index (χ0n) is 19.7. The average molecular weight is 451 g/mol. The van der Waals surface area contributed by atoms with Gasteiger partial charge in [-0.15, -0.1) is 0 Å². The molecular weight excluding hydrogens is 416 g/mol. The molecule has 7 nitrogen and oxygen atoms in total. The van der Waals surface area contributed by atoms with Gasteiger partial charge in [-0.3, -0.25) is 14.4 Å². The van der Waals surface area contributed by atoms with Crippen LogP contribution in [-0.2, 0) is 14.4 Å². The lowest BCUT2D eigenvalue weighted by molar-refractivity contribution is -0.144. The number of hydrogen-bond donors (Lipinski definition) is 2. The fourth-order valence-electron chi connectivity index (χ4n) is 4.28. The molecule has 3 rings (SSSR count). The van der Waals surface area contributed by atoms with Gasteiger partial charge < -0.3 is 15.5 Å². The molecule has 1 atom stereocenters. The summed E-state index contributed by atoms with van der Waals surface area (Å²) < 4.78 is 0. The second-order valence-corrected chi connectivity index (χ2v) is 8.98. The lowest BCUT2D eigenvalue weighted by Gasteiger charge is -2.36. The van der Waals surface area contributed by atoms with Gasteiger partial charge in [0.25, 0.3) is 0 Å². The summed E-state index contributed by atoms with van der Waals surface area (Å²) in [6.07, 6.45) is 5.45. The Morgan fingerprint density at radius 1 is 1.03 bits per heavy atom. The highest BCUT2D eigenvalue weighted by atomic mass is 16.2. The van der Waals surface area contributed by atoms with Crippen LogP contribution in [0.1, 0.15) is 69.5 Å². The Bertz CT molecular complexity index is 938. The minimum absolute atomic E-state index is 0.0134. The first kappa shape index (κ1) is 24.4. The first-order valence-electron chi connectivity index (χ1n) is 11.7. The molecule has 0 saturated heterocycles. The number of nitrogens with zero attached hydrogens (tertiary/aromatic N) is 2. The number of carbonyl (C=O) groups excluding carboxylic acids is 3. The molecule has 1 aliphatic carbocycles. The van der Waals surface area contributed by atoms with Gasteiger partial charge in [-0.1, -0.05) is 48.7 Å². The molecule has 176 valence electrons. The number of nitrogens with one attached hydrogen (secondary N) is 2. The van der Waals surface area contributed by atoms with E-state index in [0.717, 1.165) is 36.8 Å². The molecule has 0 aliphatic heterocycles. The second-order valence-electron chi connectivity index (χ2n) is 8.98. The van der Waals surface area contributed by atoms with Gasteiger partial charge in [0.1, 0.15) is 11.9 Å². The van der Waals surface area contributed by atoms with Gasteiger partial charge in [-0.25, -0.2) is 4.98 Å². The van der Waals surface area contributed by atoms with E-state index in [-0.39, 0.29) is 42.6 Å². The molecule has 2 aromatic rings. The molecule has 7 heteroatoms. The molecule has 1 heterocycles. The number of pyridine rings is 1. The highest BCUT2D eigenvalue weighted by Gasteiger charge is 2.37. The van der Waals surface area contributed by atoms with Crippen LogP contribution in [0, 0.1) is 6.92 Å². The number of aryl methyl sites for hydroxylation is 1. The van der Waals surface area contributed by atoms with Crippen molar-refractivity contribution in [2.45, 2.75) is 77.4 Å². The highest BCUT2D eigenvalue weighted by Crippen LogP contribution is 2.33. The van der Waals surface area contributed by atoms with Crippen LogP contribution in [-0.4, -0.2) is 39.7 Å². The number of amides is 3. The molecule has 33 heavy (non-hydrogen) atoms. The van der Waals surface area contributed by atoms with E-state index in [4.69, 9.17) is 0 Å². The van der Waals surface area contributed by atoms with E-state index < -0.39 is 6.04 Å². The largest absolute Gasteiger partial charge is 0.352 e. The van der Waals surface area contributed by atoms with Crippen LogP contribution in [0.2, 0.25) is 0 Å². The van der Waals surface area contributed by atoms with Crippen molar-refractivity contribution in [2.24, 2.45) is 0 Å². The van der Waals surface area contributed by atoms with Crippen molar-refractivity contribution in [1.29, 1.82) is 0 Å². The summed E-state index contributed by atoms with van der Waals surface area (Å²) in [5, 5.41) is 5.71. The number of aromatic nitrogens is 1. The summed E-state index contributed by atoms with van der Waals surface area (Å²) in [6, 6.07) is 12.2. The summed E-state index contributed by atoms with van der Waals surface area (Å²) in [5.41, 5.74) is 1.88. The van der Waals surface area contributed by atoms with Crippen LogP contribution in [0.3, 0.4) is 0 Å². The summed E-state index contributed by atoms with van der Waals surface area (Å²) in [7, 11) is 0. The number of rotatable bonds is 9. The Labute approximate surface area is 196 Å². The summed E-state index contributed by atoms with van der Waals surface area (Å²) in [5.74, 6) is -0.182. The monoisotopic (exact) mass is 450 g/mol. The normalized spacial score (nSPS) is 14.7. The summed E-state index contributed by atoms with van der Waals surface area (Å²) >= 11 is 0. The number of benzene rings is 1. The minimum Gasteiger partial charge on any atom is -0.352 e. The highest BCUT2D eigenvalue weighted by molar-refractivity contribution is 5.94. The molecule has 0 bridgehead atoms. The second kappa shape index (κ2) is 11.6. The molecule has 1 aromatic heterocycles. The number of hydrogen-bond acceptors (Lipinski definition) is 4. The molecule has 0 radical (unpaired) electrons. The van der Waals surface area contributed by atoms with Crippen molar-refractivity contribution >= 4 is 23.5 Å². The number of carbonyl (C=O) groups is 3. The van der Waals surface area contributed by atoms with Crippen molar-refractivity contribution < 1.29 is 14.4 Å². The molecule has 1 aliphatic rings. The van der Waals surface area contributed by atoms with E-state index in [1.165, 1.54) is 0 Å². The fraction of sp³-hybridized carbons (Fsp3) is 0.462. The van der Waals surface area contributed by atoms with Gasteiger partial charge in [-0.05, 0) is 51.3 Å². The Hall–Kier alpha value is -3.22. The molecule has 0 spiro atoms. The van der Waals surface area contributed by atoms with E-state index in [2.05, 4.69) is 15.6 Å². The molecule has 3 amide bonds. The van der Waals surface area contributed by atoms with Gasteiger partial charge in [-0.2, -0.15) is 0 Å². The van der Waals surface area contributed by atoms with Gasteiger partial charge in [0.15, 0.2) is 0 Å². The van der Waals surface area contributed by atoms with Crippen LogP contribution in [0.25, 0.3) is 0 Å². The van der Waals surface area contributed by atoms with Crippen LogP contribution < -0.4 is 10.6 Å². The summed E-state index contributed by atoms with van der Waals surface area (Å²) in [4.78, 5) is 45.1. The Balaban J connectivity index is 1.81. The Kier molecular flexibility index (Phi) is 8.58. The van der Waals surface area contributed by atoms with Crippen molar-refractivity contribution in [1.82, 2.24) is 15.2 Å². The van der Waals surface area contributed by atoms with E-state index in [0.29, 0.717) is 5.82 Å². The number of anilines is 1. The predicted molar refractivity (Wildman–Crippen MR) is 128 cm³/mol. The third kappa shape index (κ3) is 6.88. The Morgan fingerprint density at radius 3 is 2.33 bits per heavy atom. The van der Waals surface area contributed by atoms with Crippen molar-refractivity contribution in [3.63, 3.8) is 0 Å². The standard InChI is InChI=1S/C26H34N4O3/c1-18(2)28-26(33)25(20-13-11-19(3)12-14-20)30(21-8-4-5-9-21)24(32)16-15-23(31)29-22-10-6-7-17-27-22/h6-7,10-14,17-18,21,25H,4-5,8-9,15-16H2,1-3H3,(H,28,33)(H,27,29,31). The third-order valence-electron chi connectivity index (χ3n) is 5.85. The van der Waals surface area contributed by atoms with Gasteiger partial charge >= 0.3 is 0 Å². The molecule has 1 fully saturated rings. The summed E-state index contributed by atoms with van der Waals surface area (Å²) in [6.45, 7) is 5.81. The SMILES string of the molecule is Cc1ccc(C(C(=O)NC(C)C)N(C(=O)CCC(=O)Nc2ccccn2)C2CCCC2)cc1. The van der Waals surface area contributed by atoms with E-state index >= 15 is 0 Å². The van der Waals surface area contributed by atoms with Gasteiger partial charge in [0.05, 0.1) is 0 Å². The first-order chi connectivity index (χ1) is 15.8. The predicted octanol–water partition coefficient (Wildman–Crippen LogP) is 4.15. The van der Waals surface area contributed by atoms with Crippen LogP contribution in [0.5, 0.6) is 0 Å². The maximum atomic E-state index is 13.5. The van der Waals surface area contributed by atoms with Gasteiger partial charge in [0.2, 0.25) is 17.7 Å². The lowest BCUT2D eigenvalue weighted by Crippen LogP contribution is -2.49.